The van der Waals surface area contributed by atoms with E-state index in [0.717, 1.165) is 12.4 Å². The van der Waals surface area contributed by atoms with Crippen molar-refractivity contribution in [2.24, 2.45) is 5.92 Å². The van der Waals surface area contributed by atoms with Crippen molar-refractivity contribution < 1.29 is 4.74 Å². The second-order valence-electron chi connectivity index (χ2n) is 5.29. The third kappa shape index (κ3) is 4.45. The van der Waals surface area contributed by atoms with Crippen LogP contribution in [0.4, 0.5) is 5.69 Å². The fraction of sp³-hybridized carbons (Fsp3) is 0.600. The minimum Gasteiger partial charge on any atom is -0.493 e. The topological polar surface area (TPSA) is 21.3 Å². The first-order valence-electron chi connectivity index (χ1n) is 6.81. The molecule has 0 saturated carbocycles. The standard InChI is InChI=1S/C15H23NOS/c1-12(2)10-17-15-7-3-5-13(9-15)16-14-6-4-8-18-11-14/h3,5,7,9,12,14,16H,4,6,8,10-11H2,1-2H3. The Morgan fingerprint density at radius 3 is 3.06 bits per heavy atom. The van der Waals surface area contributed by atoms with Crippen LogP contribution in [0.5, 0.6) is 5.75 Å². The van der Waals surface area contributed by atoms with Crippen LogP contribution in [-0.4, -0.2) is 24.2 Å². The summed E-state index contributed by atoms with van der Waals surface area (Å²) in [6.07, 6.45) is 2.61. The molecule has 1 aliphatic rings. The Morgan fingerprint density at radius 2 is 2.33 bits per heavy atom. The smallest absolute Gasteiger partial charge is 0.121 e. The number of anilines is 1. The Kier molecular flexibility index (Phi) is 5.24. The molecular weight excluding hydrogens is 242 g/mol. The largest absolute Gasteiger partial charge is 0.493 e. The molecule has 0 bridgehead atoms. The molecule has 100 valence electrons. The maximum absolute atomic E-state index is 5.75. The van der Waals surface area contributed by atoms with Crippen LogP contribution < -0.4 is 10.1 Å². The van der Waals surface area contributed by atoms with Gasteiger partial charge in [0.25, 0.3) is 0 Å². The summed E-state index contributed by atoms with van der Waals surface area (Å²) in [5, 5.41) is 3.61. The van der Waals surface area contributed by atoms with E-state index < -0.39 is 0 Å². The van der Waals surface area contributed by atoms with E-state index in [1.54, 1.807) is 0 Å². The molecule has 1 N–H and O–H groups in total. The van der Waals surface area contributed by atoms with E-state index in [4.69, 9.17) is 4.74 Å². The predicted octanol–water partition coefficient (Wildman–Crippen LogP) is 4.03. The number of ether oxygens (including phenoxy) is 1. The van der Waals surface area contributed by atoms with Gasteiger partial charge in [0.1, 0.15) is 5.75 Å². The summed E-state index contributed by atoms with van der Waals surface area (Å²) in [6, 6.07) is 8.95. The molecule has 1 aromatic rings. The van der Waals surface area contributed by atoms with Gasteiger partial charge >= 0.3 is 0 Å². The van der Waals surface area contributed by atoms with Gasteiger partial charge in [-0.3, -0.25) is 0 Å². The third-order valence-corrected chi connectivity index (χ3v) is 4.16. The average Bonchev–Trinajstić information content (AvgIpc) is 2.38. The molecule has 1 unspecified atom stereocenters. The molecule has 2 nitrogen and oxygen atoms in total. The molecule has 2 rings (SSSR count). The van der Waals surface area contributed by atoms with Gasteiger partial charge in [-0.25, -0.2) is 0 Å². The van der Waals surface area contributed by atoms with Crippen molar-refractivity contribution in [3.8, 4) is 5.75 Å². The van der Waals surface area contributed by atoms with Crippen LogP contribution in [0.3, 0.4) is 0 Å². The highest BCUT2D eigenvalue weighted by molar-refractivity contribution is 7.99. The Bertz CT molecular complexity index is 361. The van der Waals surface area contributed by atoms with Crippen molar-refractivity contribution in [1.82, 2.24) is 0 Å². The molecule has 1 fully saturated rings. The molecule has 0 amide bonds. The molecule has 0 aliphatic carbocycles. The van der Waals surface area contributed by atoms with Gasteiger partial charge in [0.2, 0.25) is 0 Å². The Hall–Kier alpha value is -0.830. The first-order chi connectivity index (χ1) is 8.74. The van der Waals surface area contributed by atoms with Crippen molar-refractivity contribution in [2.75, 3.05) is 23.4 Å². The molecule has 1 aliphatic heterocycles. The zero-order chi connectivity index (χ0) is 12.8. The fourth-order valence-corrected chi connectivity index (χ4v) is 3.10. The molecule has 3 heteroatoms. The Balaban J connectivity index is 1.89. The van der Waals surface area contributed by atoms with Crippen molar-refractivity contribution in [3.63, 3.8) is 0 Å². The summed E-state index contributed by atoms with van der Waals surface area (Å²) in [5.74, 6) is 4.07. The average molecular weight is 265 g/mol. The summed E-state index contributed by atoms with van der Waals surface area (Å²) in [4.78, 5) is 0. The number of hydrogen-bond donors (Lipinski definition) is 1. The quantitative estimate of drug-likeness (QED) is 0.868. The monoisotopic (exact) mass is 265 g/mol. The molecular formula is C15H23NOS. The van der Waals surface area contributed by atoms with E-state index >= 15 is 0 Å². The Morgan fingerprint density at radius 1 is 1.44 bits per heavy atom. The number of hydrogen-bond acceptors (Lipinski definition) is 3. The lowest BCUT2D eigenvalue weighted by molar-refractivity contribution is 0.271. The van der Waals surface area contributed by atoms with E-state index in [1.165, 1.54) is 30.0 Å². The van der Waals surface area contributed by atoms with Crippen LogP contribution in [0, 0.1) is 5.92 Å². The van der Waals surface area contributed by atoms with Gasteiger partial charge in [-0.2, -0.15) is 11.8 Å². The number of nitrogens with one attached hydrogen (secondary N) is 1. The van der Waals surface area contributed by atoms with E-state index in [-0.39, 0.29) is 0 Å². The number of rotatable bonds is 5. The highest BCUT2D eigenvalue weighted by Gasteiger charge is 2.13. The third-order valence-electron chi connectivity index (χ3n) is 2.95. The van der Waals surface area contributed by atoms with Gasteiger partial charge in [0.05, 0.1) is 6.61 Å². The van der Waals surface area contributed by atoms with Crippen LogP contribution >= 0.6 is 11.8 Å². The summed E-state index contributed by atoms with van der Waals surface area (Å²) >= 11 is 2.05. The van der Waals surface area contributed by atoms with Crippen LogP contribution in [0.15, 0.2) is 24.3 Å². The summed E-state index contributed by atoms with van der Waals surface area (Å²) in [5.41, 5.74) is 1.18. The predicted molar refractivity (Wildman–Crippen MR) is 80.7 cm³/mol. The molecule has 18 heavy (non-hydrogen) atoms. The SMILES string of the molecule is CC(C)COc1cccc(NC2CCCSC2)c1. The lowest BCUT2D eigenvalue weighted by Gasteiger charge is -2.23. The molecule has 1 heterocycles. The minimum atomic E-state index is 0.566. The summed E-state index contributed by atoms with van der Waals surface area (Å²) in [7, 11) is 0. The molecule has 0 radical (unpaired) electrons. The highest BCUT2D eigenvalue weighted by Crippen LogP contribution is 2.23. The van der Waals surface area contributed by atoms with Gasteiger partial charge in [0, 0.05) is 23.5 Å². The molecule has 0 aromatic heterocycles. The van der Waals surface area contributed by atoms with Crippen molar-refractivity contribution in [2.45, 2.75) is 32.7 Å². The zero-order valence-corrected chi connectivity index (χ0v) is 12.1. The molecule has 1 aromatic carbocycles. The lowest BCUT2D eigenvalue weighted by atomic mass is 10.1. The summed E-state index contributed by atoms with van der Waals surface area (Å²) in [6.45, 7) is 5.12. The van der Waals surface area contributed by atoms with E-state index in [1.807, 2.05) is 17.8 Å². The fourth-order valence-electron chi connectivity index (χ4n) is 2.03. The molecule has 0 spiro atoms. The van der Waals surface area contributed by atoms with E-state index in [2.05, 4.69) is 37.4 Å². The van der Waals surface area contributed by atoms with Crippen molar-refractivity contribution in [1.29, 1.82) is 0 Å². The van der Waals surface area contributed by atoms with Gasteiger partial charge < -0.3 is 10.1 Å². The minimum absolute atomic E-state index is 0.566. The lowest BCUT2D eigenvalue weighted by Crippen LogP contribution is -2.25. The Labute approximate surface area is 114 Å². The van der Waals surface area contributed by atoms with Gasteiger partial charge in [-0.1, -0.05) is 19.9 Å². The maximum atomic E-state index is 5.75. The maximum Gasteiger partial charge on any atom is 0.121 e. The van der Waals surface area contributed by atoms with Crippen LogP contribution in [0.25, 0.3) is 0 Å². The van der Waals surface area contributed by atoms with Crippen molar-refractivity contribution in [3.05, 3.63) is 24.3 Å². The normalized spacial score (nSPS) is 19.8. The second kappa shape index (κ2) is 6.93. The second-order valence-corrected chi connectivity index (χ2v) is 6.44. The first kappa shape index (κ1) is 13.6. The van der Waals surface area contributed by atoms with E-state index in [0.29, 0.717) is 12.0 Å². The van der Waals surface area contributed by atoms with Crippen LogP contribution in [0.2, 0.25) is 0 Å². The summed E-state index contributed by atoms with van der Waals surface area (Å²) < 4.78 is 5.75. The van der Waals surface area contributed by atoms with Crippen molar-refractivity contribution >= 4 is 17.4 Å². The van der Waals surface area contributed by atoms with Gasteiger partial charge in [-0.15, -0.1) is 0 Å². The number of benzene rings is 1. The number of thioether (sulfide) groups is 1. The first-order valence-corrected chi connectivity index (χ1v) is 7.96. The van der Waals surface area contributed by atoms with Gasteiger partial charge in [0.15, 0.2) is 0 Å². The molecule has 1 atom stereocenters. The van der Waals surface area contributed by atoms with Crippen LogP contribution in [-0.2, 0) is 0 Å². The molecule has 1 saturated heterocycles. The zero-order valence-electron chi connectivity index (χ0n) is 11.3. The van der Waals surface area contributed by atoms with E-state index in [9.17, 15) is 0 Å². The van der Waals surface area contributed by atoms with Gasteiger partial charge in [-0.05, 0) is 36.6 Å². The van der Waals surface area contributed by atoms with Crippen LogP contribution in [0.1, 0.15) is 26.7 Å². The highest BCUT2D eigenvalue weighted by atomic mass is 32.2.